The van der Waals surface area contributed by atoms with E-state index in [9.17, 15) is 24.8 Å². The number of nitrogens with zero attached hydrogens (tertiary/aromatic N) is 3. The Hall–Kier alpha value is -3.59. The second-order valence-corrected chi connectivity index (χ2v) is 6.46. The number of aliphatic hydroxyl groups is 1. The number of non-ortho nitro benzene ring substituents is 1. The molecular weight excluding hydrogens is 354 g/mol. The molecular formula is C18H11N3O6. The van der Waals surface area contributed by atoms with Crippen LogP contribution in [0.3, 0.4) is 0 Å². The van der Waals surface area contributed by atoms with Crippen molar-refractivity contribution < 1.29 is 19.6 Å². The molecule has 134 valence electrons. The van der Waals surface area contributed by atoms with Crippen LogP contribution in [-0.4, -0.2) is 25.6 Å². The van der Waals surface area contributed by atoms with Crippen molar-refractivity contribution in [3.63, 3.8) is 0 Å². The van der Waals surface area contributed by atoms with Gasteiger partial charge in [-0.3, -0.25) is 14.9 Å². The van der Waals surface area contributed by atoms with E-state index < -0.39 is 17.0 Å². The molecule has 0 fully saturated rings. The third kappa shape index (κ3) is 2.05. The molecule has 0 amide bonds. The summed E-state index contributed by atoms with van der Waals surface area (Å²) in [5.74, 6) is -0.799. The zero-order valence-corrected chi connectivity index (χ0v) is 13.7. The molecule has 0 aliphatic carbocycles. The number of benzene rings is 1. The van der Waals surface area contributed by atoms with E-state index in [0.29, 0.717) is 27.9 Å². The summed E-state index contributed by atoms with van der Waals surface area (Å²) in [7, 11) is 0. The SMILES string of the molecule is O=C1OCc2c(cc3n(c2=O)Cc2cc4c([N+](=O)[O-])cccc4nc2-3)C1O. The highest BCUT2D eigenvalue weighted by Crippen LogP contribution is 2.36. The van der Waals surface area contributed by atoms with Gasteiger partial charge in [0.05, 0.1) is 39.3 Å². The van der Waals surface area contributed by atoms with E-state index in [1.165, 1.54) is 10.6 Å². The Morgan fingerprint density at radius 1 is 1.30 bits per heavy atom. The van der Waals surface area contributed by atoms with Crippen molar-refractivity contribution in [2.24, 2.45) is 0 Å². The first-order valence-electron chi connectivity index (χ1n) is 8.14. The van der Waals surface area contributed by atoms with Crippen molar-refractivity contribution in [3.05, 3.63) is 67.5 Å². The number of carbonyl (C=O) groups excluding carboxylic acids is 1. The van der Waals surface area contributed by atoms with E-state index in [0.717, 1.165) is 0 Å². The first-order chi connectivity index (χ1) is 13.0. The van der Waals surface area contributed by atoms with E-state index in [1.807, 2.05) is 0 Å². The predicted octanol–water partition coefficient (Wildman–Crippen LogP) is 1.42. The first kappa shape index (κ1) is 15.6. The Morgan fingerprint density at radius 3 is 2.89 bits per heavy atom. The number of nitro benzene ring substituents is 1. The lowest BCUT2D eigenvalue weighted by Crippen LogP contribution is -2.32. The Bertz CT molecular complexity index is 1250. The number of cyclic esters (lactones) is 1. The van der Waals surface area contributed by atoms with Crippen LogP contribution in [0.1, 0.15) is 22.8 Å². The van der Waals surface area contributed by atoms with Gasteiger partial charge in [0.25, 0.3) is 11.2 Å². The van der Waals surface area contributed by atoms with E-state index in [2.05, 4.69) is 4.98 Å². The Morgan fingerprint density at radius 2 is 2.11 bits per heavy atom. The molecule has 1 atom stereocenters. The maximum absolute atomic E-state index is 12.8. The summed E-state index contributed by atoms with van der Waals surface area (Å²) in [6.45, 7) is 0.0113. The van der Waals surface area contributed by atoms with E-state index in [4.69, 9.17) is 4.74 Å². The van der Waals surface area contributed by atoms with Crippen molar-refractivity contribution in [3.8, 4) is 11.4 Å². The van der Waals surface area contributed by atoms with Crippen LogP contribution in [0.5, 0.6) is 0 Å². The number of fused-ring (bicyclic) bond motifs is 5. The molecule has 0 bridgehead atoms. The summed E-state index contributed by atoms with van der Waals surface area (Å²) in [4.78, 5) is 39.8. The van der Waals surface area contributed by atoms with Gasteiger partial charge in [-0.25, -0.2) is 9.78 Å². The molecule has 4 heterocycles. The lowest BCUT2D eigenvalue weighted by Gasteiger charge is -2.21. The van der Waals surface area contributed by atoms with Gasteiger partial charge in [0.1, 0.15) is 6.61 Å². The standard InChI is InChI=1S/C18H11N3O6/c22-16-9-5-14-15-8(6-20(14)17(23)11(9)7-27-18(16)24)4-10-12(19-15)2-1-3-13(10)21(25)26/h1-5,16,22H,6-7H2. The Balaban J connectivity index is 1.78. The van der Waals surface area contributed by atoms with Gasteiger partial charge in [-0.1, -0.05) is 6.07 Å². The van der Waals surface area contributed by atoms with Crippen LogP contribution >= 0.6 is 0 Å². The highest BCUT2D eigenvalue weighted by atomic mass is 16.6. The third-order valence-corrected chi connectivity index (χ3v) is 4.99. The second-order valence-electron chi connectivity index (χ2n) is 6.46. The van der Waals surface area contributed by atoms with Crippen LogP contribution in [-0.2, 0) is 22.7 Å². The molecule has 2 aliphatic heterocycles. The van der Waals surface area contributed by atoms with E-state index in [-0.39, 0.29) is 35.5 Å². The molecule has 2 aliphatic rings. The molecule has 0 spiro atoms. The number of hydrogen-bond donors (Lipinski definition) is 1. The van der Waals surface area contributed by atoms with E-state index in [1.54, 1.807) is 24.3 Å². The monoisotopic (exact) mass is 365 g/mol. The average molecular weight is 365 g/mol. The Kier molecular flexibility index (Phi) is 3.02. The number of carbonyl (C=O) groups is 1. The van der Waals surface area contributed by atoms with Crippen molar-refractivity contribution in [1.29, 1.82) is 0 Å². The summed E-state index contributed by atoms with van der Waals surface area (Å²) in [6.07, 6.45) is -1.52. The number of hydrogen-bond acceptors (Lipinski definition) is 7. The fraction of sp³-hybridized carbons (Fsp3) is 0.167. The van der Waals surface area contributed by atoms with Crippen molar-refractivity contribution in [2.75, 3.05) is 0 Å². The summed E-state index contributed by atoms with van der Waals surface area (Å²) in [5.41, 5.74) is 2.10. The minimum Gasteiger partial charge on any atom is -0.458 e. The minimum absolute atomic E-state index is 0.0557. The van der Waals surface area contributed by atoms with Crippen LogP contribution in [0, 0.1) is 10.1 Å². The third-order valence-electron chi connectivity index (χ3n) is 4.99. The highest BCUT2D eigenvalue weighted by molar-refractivity contribution is 5.91. The number of aromatic nitrogens is 2. The van der Waals surface area contributed by atoms with Gasteiger partial charge in [-0.2, -0.15) is 0 Å². The molecule has 0 saturated carbocycles. The molecule has 27 heavy (non-hydrogen) atoms. The van der Waals surface area contributed by atoms with Gasteiger partial charge >= 0.3 is 5.97 Å². The largest absolute Gasteiger partial charge is 0.458 e. The molecule has 0 saturated heterocycles. The number of rotatable bonds is 1. The quantitative estimate of drug-likeness (QED) is 0.307. The molecule has 3 aromatic rings. The molecule has 1 unspecified atom stereocenters. The number of aliphatic hydroxyl groups excluding tert-OH is 1. The molecule has 9 nitrogen and oxygen atoms in total. The van der Waals surface area contributed by atoms with Crippen LogP contribution in [0.15, 0.2) is 35.1 Å². The van der Waals surface area contributed by atoms with Crippen LogP contribution in [0.2, 0.25) is 0 Å². The van der Waals surface area contributed by atoms with Crippen LogP contribution < -0.4 is 5.56 Å². The van der Waals surface area contributed by atoms with Crippen LogP contribution in [0.4, 0.5) is 5.69 Å². The number of pyridine rings is 2. The highest BCUT2D eigenvalue weighted by Gasteiger charge is 2.34. The zero-order chi connectivity index (χ0) is 18.9. The molecule has 1 aromatic carbocycles. The first-order valence-corrected chi connectivity index (χ1v) is 8.14. The number of nitro groups is 1. The van der Waals surface area contributed by atoms with Crippen molar-refractivity contribution >= 4 is 22.6 Å². The summed E-state index contributed by atoms with van der Waals surface area (Å²) in [6, 6.07) is 7.86. The van der Waals surface area contributed by atoms with Gasteiger partial charge in [0, 0.05) is 17.2 Å². The maximum Gasteiger partial charge on any atom is 0.340 e. The van der Waals surface area contributed by atoms with Gasteiger partial charge < -0.3 is 14.4 Å². The van der Waals surface area contributed by atoms with E-state index >= 15 is 0 Å². The zero-order valence-electron chi connectivity index (χ0n) is 13.7. The lowest BCUT2D eigenvalue weighted by molar-refractivity contribution is -0.383. The lowest BCUT2D eigenvalue weighted by atomic mass is 10.0. The van der Waals surface area contributed by atoms with Gasteiger partial charge in [-0.15, -0.1) is 0 Å². The maximum atomic E-state index is 12.8. The summed E-state index contributed by atoms with van der Waals surface area (Å²) >= 11 is 0. The number of ether oxygens (including phenoxy) is 1. The summed E-state index contributed by atoms with van der Waals surface area (Å²) in [5, 5.41) is 21.8. The molecule has 0 radical (unpaired) electrons. The Labute approximate surface area is 150 Å². The van der Waals surface area contributed by atoms with Crippen LogP contribution in [0.25, 0.3) is 22.3 Å². The smallest absolute Gasteiger partial charge is 0.340 e. The topological polar surface area (TPSA) is 125 Å². The molecule has 5 rings (SSSR count). The fourth-order valence-corrected chi connectivity index (χ4v) is 3.69. The second kappa shape index (κ2) is 5.21. The van der Waals surface area contributed by atoms with Gasteiger partial charge in [0.2, 0.25) is 0 Å². The van der Waals surface area contributed by atoms with Gasteiger partial charge in [0.15, 0.2) is 6.10 Å². The molecule has 1 N–H and O–H groups in total. The van der Waals surface area contributed by atoms with Crippen molar-refractivity contribution in [2.45, 2.75) is 19.3 Å². The normalized spacial score (nSPS) is 17.2. The van der Waals surface area contributed by atoms with Crippen molar-refractivity contribution in [1.82, 2.24) is 9.55 Å². The average Bonchev–Trinajstić information content (AvgIpc) is 3.01. The predicted molar refractivity (Wildman–Crippen MR) is 92.0 cm³/mol. The van der Waals surface area contributed by atoms with Gasteiger partial charge in [-0.05, 0) is 18.2 Å². The minimum atomic E-state index is -1.52. The molecule has 9 heteroatoms. The number of esters is 1. The summed E-state index contributed by atoms with van der Waals surface area (Å²) < 4.78 is 6.33. The molecule has 2 aromatic heterocycles. The fourth-order valence-electron chi connectivity index (χ4n) is 3.69.